The molecule has 1 aromatic carbocycles. The molecule has 0 fully saturated rings. The van der Waals surface area contributed by atoms with Gasteiger partial charge in [0.05, 0.1) is 12.1 Å². The maximum absolute atomic E-state index is 13.7. The standard InChI is InChI=1S/C13H11FN6O/c14-8-4-2-1-3-7(8)9-5-10(18-17-9)13-16-12(19-20-13)6-11(15)21/h1-5H,6H2,(H2,15,21)(H,17,18)(H,16,19,20). The molecule has 0 unspecified atom stereocenters. The number of nitrogens with two attached hydrogens (primary N) is 1. The van der Waals surface area contributed by atoms with E-state index in [0.29, 0.717) is 28.6 Å². The number of hydrogen-bond acceptors (Lipinski definition) is 4. The van der Waals surface area contributed by atoms with Gasteiger partial charge >= 0.3 is 0 Å². The van der Waals surface area contributed by atoms with Crippen LogP contribution in [-0.2, 0) is 11.2 Å². The van der Waals surface area contributed by atoms with Gasteiger partial charge < -0.3 is 5.73 Å². The maximum Gasteiger partial charge on any atom is 0.225 e. The number of aromatic amines is 2. The van der Waals surface area contributed by atoms with Gasteiger partial charge in [0.1, 0.15) is 17.3 Å². The van der Waals surface area contributed by atoms with E-state index in [1.807, 2.05) is 0 Å². The van der Waals surface area contributed by atoms with E-state index in [-0.39, 0.29) is 12.2 Å². The van der Waals surface area contributed by atoms with Gasteiger partial charge in [-0.3, -0.25) is 15.0 Å². The number of rotatable bonds is 4. The topological polar surface area (TPSA) is 113 Å². The minimum atomic E-state index is -0.505. The zero-order valence-corrected chi connectivity index (χ0v) is 10.8. The summed E-state index contributed by atoms with van der Waals surface area (Å²) in [6.07, 6.45) is -0.0265. The molecule has 3 rings (SSSR count). The Balaban J connectivity index is 1.90. The van der Waals surface area contributed by atoms with Gasteiger partial charge in [-0.2, -0.15) is 10.2 Å². The van der Waals surface area contributed by atoms with Crippen LogP contribution in [0.15, 0.2) is 30.3 Å². The molecule has 0 aliphatic rings. The first-order valence-corrected chi connectivity index (χ1v) is 6.14. The summed E-state index contributed by atoms with van der Waals surface area (Å²) in [5.74, 6) is -0.171. The van der Waals surface area contributed by atoms with E-state index >= 15 is 0 Å². The van der Waals surface area contributed by atoms with E-state index in [1.165, 1.54) is 6.07 Å². The molecule has 0 aliphatic carbocycles. The van der Waals surface area contributed by atoms with Gasteiger partial charge in [-0.05, 0) is 18.2 Å². The summed E-state index contributed by atoms with van der Waals surface area (Å²) in [5, 5.41) is 13.4. The Hall–Kier alpha value is -3.03. The Bertz CT molecular complexity index is 793. The highest BCUT2D eigenvalue weighted by atomic mass is 19.1. The monoisotopic (exact) mass is 286 g/mol. The highest BCUT2D eigenvalue weighted by molar-refractivity contribution is 5.75. The first-order chi connectivity index (χ1) is 10.1. The van der Waals surface area contributed by atoms with Crippen molar-refractivity contribution in [2.75, 3.05) is 0 Å². The number of H-pyrrole nitrogens is 2. The fourth-order valence-electron chi connectivity index (χ4n) is 1.90. The minimum absolute atomic E-state index is 0.0265. The second-order valence-electron chi connectivity index (χ2n) is 4.40. The molecule has 8 heteroatoms. The average Bonchev–Trinajstić information content (AvgIpc) is 3.07. The van der Waals surface area contributed by atoms with E-state index < -0.39 is 5.91 Å². The highest BCUT2D eigenvalue weighted by Gasteiger charge is 2.13. The second kappa shape index (κ2) is 5.16. The summed E-state index contributed by atoms with van der Waals surface area (Å²) in [6.45, 7) is 0. The summed E-state index contributed by atoms with van der Waals surface area (Å²) >= 11 is 0. The van der Waals surface area contributed by atoms with E-state index in [9.17, 15) is 9.18 Å². The van der Waals surface area contributed by atoms with Crippen molar-refractivity contribution < 1.29 is 9.18 Å². The predicted octanol–water partition coefficient (Wildman–Crippen LogP) is 1.03. The Kier molecular flexibility index (Phi) is 3.19. The minimum Gasteiger partial charge on any atom is -0.369 e. The Morgan fingerprint density at radius 1 is 1.24 bits per heavy atom. The van der Waals surface area contributed by atoms with Crippen molar-refractivity contribution >= 4 is 5.91 Å². The molecule has 21 heavy (non-hydrogen) atoms. The van der Waals surface area contributed by atoms with E-state index in [1.54, 1.807) is 24.3 Å². The van der Waals surface area contributed by atoms with Gasteiger partial charge in [0.15, 0.2) is 5.82 Å². The molecule has 0 bridgehead atoms. The zero-order valence-electron chi connectivity index (χ0n) is 10.8. The summed E-state index contributed by atoms with van der Waals surface area (Å²) in [4.78, 5) is 14.9. The number of carbonyl (C=O) groups excluding carboxylic acids is 1. The van der Waals surface area contributed by atoms with E-state index in [4.69, 9.17) is 5.73 Å². The first kappa shape index (κ1) is 13.0. The molecule has 1 amide bonds. The van der Waals surface area contributed by atoms with Crippen LogP contribution in [0.1, 0.15) is 5.82 Å². The van der Waals surface area contributed by atoms with Gasteiger partial charge in [0, 0.05) is 5.56 Å². The van der Waals surface area contributed by atoms with Gasteiger partial charge in [-0.1, -0.05) is 12.1 Å². The molecule has 2 heterocycles. The highest BCUT2D eigenvalue weighted by Crippen LogP contribution is 2.23. The second-order valence-corrected chi connectivity index (χ2v) is 4.40. The Morgan fingerprint density at radius 3 is 2.81 bits per heavy atom. The smallest absolute Gasteiger partial charge is 0.225 e. The third-order valence-electron chi connectivity index (χ3n) is 2.84. The molecular formula is C13H11FN6O. The lowest BCUT2D eigenvalue weighted by Crippen LogP contribution is -2.14. The quantitative estimate of drug-likeness (QED) is 0.664. The zero-order chi connectivity index (χ0) is 14.8. The van der Waals surface area contributed by atoms with Crippen molar-refractivity contribution in [2.24, 2.45) is 5.73 Å². The van der Waals surface area contributed by atoms with Crippen molar-refractivity contribution in [1.82, 2.24) is 25.4 Å². The number of halogens is 1. The van der Waals surface area contributed by atoms with Crippen LogP contribution in [-0.4, -0.2) is 31.3 Å². The molecule has 2 aromatic heterocycles. The van der Waals surface area contributed by atoms with Gasteiger partial charge in [-0.25, -0.2) is 9.37 Å². The lowest BCUT2D eigenvalue weighted by molar-refractivity contribution is -0.117. The van der Waals surface area contributed by atoms with Crippen molar-refractivity contribution in [1.29, 1.82) is 0 Å². The molecule has 0 atom stereocenters. The molecule has 7 nitrogen and oxygen atoms in total. The van der Waals surface area contributed by atoms with Crippen molar-refractivity contribution in [2.45, 2.75) is 6.42 Å². The number of nitrogens with zero attached hydrogens (tertiary/aromatic N) is 3. The normalized spacial score (nSPS) is 10.7. The van der Waals surface area contributed by atoms with Crippen molar-refractivity contribution in [3.05, 3.63) is 42.0 Å². The maximum atomic E-state index is 13.7. The summed E-state index contributed by atoms with van der Waals surface area (Å²) in [5.41, 5.74) is 6.43. The molecule has 0 saturated heterocycles. The van der Waals surface area contributed by atoms with Crippen molar-refractivity contribution in [3.63, 3.8) is 0 Å². The molecule has 3 aromatic rings. The Morgan fingerprint density at radius 2 is 2.05 bits per heavy atom. The lowest BCUT2D eigenvalue weighted by atomic mass is 10.1. The number of hydrogen-bond donors (Lipinski definition) is 3. The van der Waals surface area contributed by atoms with Crippen LogP contribution in [0.4, 0.5) is 4.39 Å². The molecule has 0 aliphatic heterocycles. The third-order valence-corrected chi connectivity index (χ3v) is 2.84. The largest absolute Gasteiger partial charge is 0.369 e. The number of aromatic nitrogens is 5. The summed E-state index contributed by atoms with van der Waals surface area (Å²) in [7, 11) is 0. The van der Waals surface area contributed by atoms with E-state index in [2.05, 4.69) is 25.4 Å². The molecule has 106 valence electrons. The number of nitrogens with one attached hydrogen (secondary N) is 2. The van der Waals surface area contributed by atoms with Crippen LogP contribution in [0.2, 0.25) is 0 Å². The fourth-order valence-corrected chi connectivity index (χ4v) is 1.90. The SMILES string of the molecule is NC(=O)Cc1nc(-c2cc(-c3ccccc3F)n[nH]2)n[nH]1. The lowest BCUT2D eigenvalue weighted by Gasteiger charge is -1.96. The molecular weight excluding hydrogens is 275 g/mol. The van der Waals surface area contributed by atoms with Crippen LogP contribution in [0.3, 0.4) is 0 Å². The molecule has 0 radical (unpaired) electrons. The summed E-state index contributed by atoms with van der Waals surface area (Å²) in [6, 6.07) is 7.96. The third kappa shape index (κ3) is 2.64. The number of benzene rings is 1. The summed E-state index contributed by atoms with van der Waals surface area (Å²) < 4.78 is 13.7. The first-order valence-electron chi connectivity index (χ1n) is 6.14. The predicted molar refractivity (Wildman–Crippen MR) is 72.3 cm³/mol. The van der Waals surface area contributed by atoms with Crippen LogP contribution in [0, 0.1) is 5.82 Å². The Labute approximate surface area is 118 Å². The van der Waals surface area contributed by atoms with Gasteiger partial charge in [0.2, 0.25) is 5.91 Å². The van der Waals surface area contributed by atoms with Gasteiger partial charge in [-0.15, -0.1) is 0 Å². The van der Waals surface area contributed by atoms with Gasteiger partial charge in [0.25, 0.3) is 0 Å². The average molecular weight is 286 g/mol. The molecule has 4 N–H and O–H groups in total. The number of amides is 1. The number of primary amides is 1. The van der Waals surface area contributed by atoms with Crippen LogP contribution >= 0.6 is 0 Å². The molecule has 0 spiro atoms. The van der Waals surface area contributed by atoms with Crippen LogP contribution in [0.5, 0.6) is 0 Å². The van der Waals surface area contributed by atoms with E-state index in [0.717, 1.165) is 0 Å². The molecule has 0 saturated carbocycles. The van der Waals surface area contributed by atoms with Crippen molar-refractivity contribution in [3.8, 4) is 22.8 Å². The number of carbonyl (C=O) groups is 1. The fraction of sp³-hybridized carbons (Fsp3) is 0.0769. The van der Waals surface area contributed by atoms with Crippen LogP contribution < -0.4 is 5.73 Å². The van der Waals surface area contributed by atoms with Crippen LogP contribution in [0.25, 0.3) is 22.8 Å².